The molecule has 0 spiro atoms. The third-order valence-corrected chi connectivity index (χ3v) is 4.49. The summed E-state index contributed by atoms with van der Waals surface area (Å²) in [7, 11) is 5.96. The first-order valence-corrected chi connectivity index (χ1v) is 9.90. The molecular weight excluding hydrogens is 503 g/mol. The molecule has 11 nitrogen and oxygen atoms in total. The van der Waals surface area contributed by atoms with Gasteiger partial charge in [-0.05, 0) is 24.3 Å². The SMILES string of the molecule is COc1cc(C(=N)N)cc(OC)c1OCCOCCOc1c(OC)cc(C(=N)N)cc1OC.Cl.Cl. The monoisotopic (exact) mass is 534 g/mol. The third kappa shape index (κ3) is 8.46. The lowest BCUT2D eigenvalue weighted by atomic mass is 10.1. The van der Waals surface area contributed by atoms with Gasteiger partial charge in [0.05, 0.1) is 41.7 Å². The van der Waals surface area contributed by atoms with E-state index in [4.69, 9.17) is 55.4 Å². The number of amidine groups is 2. The Labute approximate surface area is 216 Å². The largest absolute Gasteiger partial charge is 0.493 e. The molecule has 2 rings (SSSR count). The Kier molecular flexibility index (Phi) is 14.1. The van der Waals surface area contributed by atoms with Gasteiger partial charge in [0.1, 0.15) is 24.9 Å². The van der Waals surface area contributed by atoms with E-state index in [1.165, 1.54) is 28.4 Å². The van der Waals surface area contributed by atoms with Gasteiger partial charge in [0, 0.05) is 11.1 Å². The van der Waals surface area contributed by atoms with Crippen molar-refractivity contribution in [3.05, 3.63) is 35.4 Å². The van der Waals surface area contributed by atoms with E-state index in [1.54, 1.807) is 24.3 Å². The summed E-state index contributed by atoms with van der Waals surface area (Å²) in [5.41, 5.74) is 12.0. The van der Waals surface area contributed by atoms with E-state index in [1.807, 2.05) is 0 Å². The molecule has 0 bridgehead atoms. The van der Waals surface area contributed by atoms with Gasteiger partial charge in [0.2, 0.25) is 11.5 Å². The molecule has 0 saturated heterocycles. The molecule has 0 aliphatic rings. The van der Waals surface area contributed by atoms with E-state index < -0.39 is 0 Å². The Morgan fingerprint density at radius 3 is 1.11 bits per heavy atom. The van der Waals surface area contributed by atoms with Gasteiger partial charge in [-0.2, -0.15) is 0 Å². The van der Waals surface area contributed by atoms with E-state index >= 15 is 0 Å². The van der Waals surface area contributed by atoms with E-state index in [0.29, 0.717) is 45.6 Å². The number of nitrogens with one attached hydrogen (secondary N) is 2. The van der Waals surface area contributed by atoms with Crippen molar-refractivity contribution in [2.24, 2.45) is 11.5 Å². The third-order valence-electron chi connectivity index (χ3n) is 4.49. The Bertz CT molecular complexity index is 865. The summed E-state index contributed by atoms with van der Waals surface area (Å²) < 4.78 is 38.4. The van der Waals surface area contributed by atoms with Crippen LogP contribution in [-0.4, -0.2) is 66.5 Å². The lowest BCUT2D eigenvalue weighted by Crippen LogP contribution is -2.15. The molecule has 13 heteroatoms. The van der Waals surface area contributed by atoms with E-state index in [9.17, 15) is 0 Å². The number of nitrogen functional groups attached to an aromatic ring is 2. The zero-order valence-corrected chi connectivity index (χ0v) is 21.6. The van der Waals surface area contributed by atoms with Crippen LogP contribution in [0.2, 0.25) is 0 Å². The maximum absolute atomic E-state index is 7.59. The second kappa shape index (κ2) is 15.6. The van der Waals surface area contributed by atoms with Gasteiger partial charge in [0.15, 0.2) is 23.0 Å². The highest BCUT2D eigenvalue weighted by Crippen LogP contribution is 2.39. The summed E-state index contributed by atoms with van der Waals surface area (Å²) in [5, 5.41) is 15.2. The van der Waals surface area contributed by atoms with Crippen molar-refractivity contribution in [2.75, 3.05) is 54.9 Å². The zero-order chi connectivity index (χ0) is 24.4. The number of benzene rings is 2. The standard InChI is InChI=1S/C22H30N4O7.2ClH/c1-27-15-9-13(21(23)24)10-16(28-2)19(15)32-7-5-31-6-8-33-20-17(29-3)11-14(22(25)26)12-18(20)30-4;;/h9-12H,5-8H2,1-4H3,(H3,23,24)(H3,25,26);2*1H. The van der Waals surface area contributed by atoms with Gasteiger partial charge >= 0.3 is 0 Å². The maximum atomic E-state index is 7.59. The first-order chi connectivity index (χ1) is 15.9. The molecule has 0 atom stereocenters. The van der Waals surface area contributed by atoms with Crippen LogP contribution in [0.5, 0.6) is 34.5 Å². The van der Waals surface area contributed by atoms with Crippen LogP contribution in [0.15, 0.2) is 24.3 Å². The van der Waals surface area contributed by atoms with Gasteiger partial charge in [-0.15, -0.1) is 24.8 Å². The fourth-order valence-electron chi connectivity index (χ4n) is 2.86. The molecule has 2 aromatic rings. The number of nitrogens with two attached hydrogens (primary N) is 2. The Morgan fingerprint density at radius 1 is 0.600 bits per heavy atom. The summed E-state index contributed by atoms with van der Waals surface area (Å²) in [6.07, 6.45) is 0. The normalized spacial score (nSPS) is 9.71. The lowest BCUT2D eigenvalue weighted by Gasteiger charge is -2.17. The molecule has 0 fully saturated rings. The lowest BCUT2D eigenvalue weighted by molar-refractivity contribution is 0.0736. The highest BCUT2D eigenvalue weighted by molar-refractivity contribution is 5.96. The molecular formula is C22H32Cl2N4O7. The molecule has 2 aromatic carbocycles. The van der Waals surface area contributed by atoms with Crippen LogP contribution in [-0.2, 0) is 4.74 Å². The highest BCUT2D eigenvalue weighted by Gasteiger charge is 2.17. The molecule has 0 saturated carbocycles. The first kappa shape index (κ1) is 31.7. The molecule has 0 heterocycles. The summed E-state index contributed by atoms with van der Waals surface area (Å²) in [5.74, 6) is 2.17. The van der Waals surface area contributed by atoms with Gasteiger partial charge in [-0.25, -0.2) is 0 Å². The number of hydrogen-bond donors (Lipinski definition) is 4. The predicted octanol–water partition coefficient (Wildman–Crippen LogP) is 2.61. The molecule has 0 aromatic heterocycles. The van der Waals surface area contributed by atoms with Crippen LogP contribution in [0.4, 0.5) is 0 Å². The minimum Gasteiger partial charge on any atom is -0.493 e. The van der Waals surface area contributed by atoms with Crippen molar-refractivity contribution < 1.29 is 33.2 Å². The summed E-state index contributed by atoms with van der Waals surface area (Å²) in [6.45, 7) is 1.02. The van der Waals surface area contributed by atoms with Gasteiger partial charge in [0.25, 0.3) is 0 Å². The first-order valence-electron chi connectivity index (χ1n) is 9.90. The Hall–Kier alpha value is -3.28. The van der Waals surface area contributed by atoms with Crippen LogP contribution in [0, 0.1) is 10.8 Å². The maximum Gasteiger partial charge on any atom is 0.203 e. The van der Waals surface area contributed by atoms with Crippen molar-refractivity contribution in [2.45, 2.75) is 0 Å². The molecule has 6 N–H and O–H groups in total. The smallest absolute Gasteiger partial charge is 0.203 e. The molecule has 0 aliphatic heterocycles. The number of hydrogen-bond acceptors (Lipinski definition) is 9. The van der Waals surface area contributed by atoms with Crippen LogP contribution >= 0.6 is 24.8 Å². The molecule has 0 unspecified atom stereocenters. The molecule has 35 heavy (non-hydrogen) atoms. The van der Waals surface area contributed by atoms with Crippen LogP contribution in [0.1, 0.15) is 11.1 Å². The van der Waals surface area contributed by atoms with Crippen molar-refractivity contribution in [1.29, 1.82) is 10.8 Å². The van der Waals surface area contributed by atoms with Crippen molar-refractivity contribution in [3.63, 3.8) is 0 Å². The number of ether oxygens (including phenoxy) is 7. The summed E-state index contributed by atoms with van der Waals surface area (Å²) in [4.78, 5) is 0. The van der Waals surface area contributed by atoms with Gasteiger partial charge in [-0.1, -0.05) is 0 Å². The van der Waals surface area contributed by atoms with Crippen LogP contribution in [0.3, 0.4) is 0 Å². The molecule has 0 aliphatic carbocycles. The topological polar surface area (TPSA) is 164 Å². The fraction of sp³-hybridized carbons (Fsp3) is 0.364. The minimum absolute atomic E-state index is 0. The average Bonchev–Trinajstić information content (AvgIpc) is 2.82. The number of methoxy groups -OCH3 is 4. The number of halogens is 2. The quantitative estimate of drug-likeness (QED) is 0.162. The van der Waals surface area contributed by atoms with Gasteiger partial charge in [-0.3, -0.25) is 10.8 Å². The molecule has 196 valence electrons. The van der Waals surface area contributed by atoms with Crippen LogP contribution < -0.4 is 39.9 Å². The number of rotatable bonds is 14. The second-order valence-electron chi connectivity index (χ2n) is 6.56. The summed E-state index contributed by atoms with van der Waals surface area (Å²) >= 11 is 0. The van der Waals surface area contributed by atoms with Crippen LogP contribution in [0.25, 0.3) is 0 Å². The minimum atomic E-state index is -0.106. The van der Waals surface area contributed by atoms with E-state index in [-0.39, 0.29) is 62.9 Å². The Morgan fingerprint density at radius 2 is 0.886 bits per heavy atom. The fourth-order valence-corrected chi connectivity index (χ4v) is 2.86. The van der Waals surface area contributed by atoms with Crippen molar-refractivity contribution in [1.82, 2.24) is 0 Å². The molecule has 0 radical (unpaired) electrons. The highest BCUT2D eigenvalue weighted by atomic mass is 35.5. The predicted molar refractivity (Wildman–Crippen MR) is 137 cm³/mol. The second-order valence-corrected chi connectivity index (χ2v) is 6.56. The molecule has 0 amide bonds. The van der Waals surface area contributed by atoms with Crippen molar-refractivity contribution >= 4 is 36.5 Å². The van der Waals surface area contributed by atoms with Gasteiger partial charge < -0.3 is 44.6 Å². The van der Waals surface area contributed by atoms with E-state index in [2.05, 4.69) is 0 Å². The zero-order valence-electron chi connectivity index (χ0n) is 20.0. The van der Waals surface area contributed by atoms with E-state index in [0.717, 1.165) is 0 Å². The van der Waals surface area contributed by atoms with Crippen molar-refractivity contribution in [3.8, 4) is 34.5 Å². The Balaban J connectivity index is 0.00000578. The summed E-state index contributed by atoms with van der Waals surface area (Å²) in [6, 6.07) is 6.42. The average molecular weight is 535 g/mol.